The lowest BCUT2D eigenvalue weighted by atomic mass is 10.1. The molecule has 0 bridgehead atoms. The molecule has 7 heteroatoms. The molecule has 3 aromatic rings. The first kappa shape index (κ1) is 22.8. The van der Waals surface area contributed by atoms with Crippen molar-refractivity contribution >= 4 is 28.7 Å². The molecule has 7 nitrogen and oxygen atoms in total. The van der Waals surface area contributed by atoms with Crippen LogP contribution >= 0.6 is 0 Å². The molecule has 0 aliphatic heterocycles. The minimum absolute atomic E-state index is 0.219. The van der Waals surface area contributed by atoms with E-state index in [2.05, 4.69) is 4.74 Å². The van der Waals surface area contributed by atoms with Crippen LogP contribution in [0.15, 0.2) is 60.7 Å². The van der Waals surface area contributed by atoms with Gasteiger partial charge in [0.1, 0.15) is 11.5 Å². The summed E-state index contributed by atoms with van der Waals surface area (Å²) >= 11 is 0. The van der Waals surface area contributed by atoms with Gasteiger partial charge in [0.2, 0.25) is 0 Å². The summed E-state index contributed by atoms with van der Waals surface area (Å²) in [5.41, 5.74) is 0.777. The summed E-state index contributed by atoms with van der Waals surface area (Å²) in [6, 6.07) is 17.0. The molecule has 0 aliphatic carbocycles. The van der Waals surface area contributed by atoms with E-state index >= 15 is 0 Å². The molecule has 0 aliphatic rings. The smallest absolute Gasteiger partial charge is 0.343 e. The molecule has 0 radical (unpaired) electrons. The zero-order valence-corrected chi connectivity index (χ0v) is 18.0. The standard InChI is InChI=1S/C25H24O7/c1-3-23(26)31-14-4-13-30-22-12-9-18-15-20(6-5-19(18)16-22)25(28)32-21-10-7-17(8-11-21)24(27)29-2/h5-12,15-16H,3-4,13-14H2,1-2H3. The van der Waals surface area contributed by atoms with Gasteiger partial charge in [-0.2, -0.15) is 0 Å². The Bertz CT molecular complexity index is 1100. The fourth-order valence-electron chi connectivity index (χ4n) is 2.92. The fourth-order valence-corrected chi connectivity index (χ4v) is 2.92. The van der Waals surface area contributed by atoms with E-state index in [0.29, 0.717) is 48.7 Å². The van der Waals surface area contributed by atoms with E-state index in [4.69, 9.17) is 14.2 Å². The van der Waals surface area contributed by atoms with Crippen LogP contribution in [-0.4, -0.2) is 38.2 Å². The van der Waals surface area contributed by atoms with Crippen molar-refractivity contribution in [3.8, 4) is 11.5 Å². The molecule has 32 heavy (non-hydrogen) atoms. The van der Waals surface area contributed by atoms with E-state index in [0.717, 1.165) is 10.8 Å². The van der Waals surface area contributed by atoms with E-state index in [1.165, 1.54) is 31.4 Å². The molecular weight excluding hydrogens is 412 g/mol. The lowest BCUT2D eigenvalue weighted by Crippen LogP contribution is -2.09. The van der Waals surface area contributed by atoms with Crippen LogP contribution in [0, 0.1) is 0 Å². The molecule has 0 saturated carbocycles. The molecule has 166 valence electrons. The quantitative estimate of drug-likeness (QED) is 0.276. The van der Waals surface area contributed by atoms with Crippen molar-refractivity contribution in [3.05, 3.63) is 71.8 Å². The Morgan fingerprint density at radius 1 is 0.750 bits per heavy atom. The number of esters is 3. The molecule has 0 aromatic heterocycles. The fraction of sp³-hybridized carbons (Fsp3) is 0.240. The predicted molar refractivity (Wildman–Crippen MR) is 118 cm³/mol. The van der Waals surface area contributed by atoms with Gasteiger partial charge in [-0.15, -0.1) is 0 Å². The number of benzene rings is 3. The second kappa shape index (κ2) is 10.9. The molecule has 0 atom stereocenters. The highest BCUT2D eigenvalue weighted by atomic mass is 16.5. The van der Waals surface area contributed by atoms with Crippen molar-refractivity contribution in [2.45, 2.75) is 19.8 Å². The first-order chi connectivity index (χ1) is 15.5. The van der Waals surface area contributed by atoms with Crippen molar-refractivity contribution in [2.24, 2.45) is 0 Å². The summed E-state index contributed by atoms with van der Waals surface area (Å²) in [5.74, 6) is -0.153. The maximum absolute atomic E-state index is 12.5. The summed E-state index contributed by atoms with van der Waals surface area (Å²) in [6.07, 6.45) is 0.970. The number of rotatable bonds is 9. The van der Waals surface area contributed by atoms with Gasteiger partial charge >= 0.3 is 17.9 Å². The molecule has 0 heterocycles. The highest BCUT2D eigenvalue weighted by Gasteiger charge is 2.11. The second-order valence-corrected chi connectivity index (χ2v) is 6.91. The Morgan fingerprint density at radius 2 is 1.41 bits per heavy atom. The highest BCUT2D eigenvalue weighted by molar-refractivity contribution is 5.97. The Kier molecular flexibility index (Phi) is 7.80. The Labute approximate surface area is 185 Å². The summed E-state index contributed by atoms with van der Waals surface area (Å²) in [4.78, 5) is 35.1. The van der Waals surface area contributed by atoms with Gasteiger partial charge in [-0.05, 0) is 59.3 Å². The SMILES string of the molecule is CCC(=O)OCCCOc1ccc2cc(C(=O)Oc3ccc(C(=O)OC)cc3)ccc2c1. The topological polar surface area (TPSA) is 88.1 Å². The molecule has 3 rings (SSSR count). The van der Waals surface area contributed by atoms with Crippen LogP contribution in [-0.2, 0) is 14.3 Å². The van der Waals surface area contributed by atoms with Crippen molar-refractivity contribution in [1.29, 1.82) is 0 Å². The van der Waals surface area contributed by atoms with E-state index < -0.39 is 11.9 Å². The monoisotopic (exact) mass is 436 g/mol. The lowest BCUT2D eigenvalue weighted by Gasteiger charge is -2.09. The molecular formula is C25H24O7. The van der Waals surface area contributed by atoms with Crippen LogP contribution in [0.25, 0.3) is 10.8 Å². The van der Waals surface area contributed by atoms with Gasteiger partial charge < -0.3 is 18.9 Å². The molecule has 0 unspecified atom stereocenters. The Hall–Kier alpha value is -3.87. The lowest BCUT2D eigenvalue weighted by molar-refractivity contribution is -0.143. The number of ether oxygens (including phenoxy) is 4. The van der Waals surface area contributed by atoms with E-state index in [9.17, 15) is 14.4 Å². The maximum Gasteiger partial charge on any atom is 0.343 e. The summed E-state index contributed by atoms with van der Waals surface area (Å²) < 4.78 is 20.8. The van der Waals surface area contributed by atoms with Gasteiger partial charge in [0, 0.05) is 12.8 Å². The molecule has 0 amide bonds. The van der Waals surface area contributed by atoms with Gasteiger partial charge in [0.15, 0.2) is 0 Å². The van der Waals surface area contributed by atoms with Crippen LogP contribution < -0.4 is 9.47 Å². The Morgan fingerprint density at radius 3 is 2.12 bits per heavy atom. The van der Waals surface area contributed by atoms with Crippen molar-refractivity contribution < 1.29 is 33.3 Å². The number of carbonyl (C=O) groups excluding carboxylic acids is 3. The van der Waals surface area contributed by atoms with Crippen LogP contribution in [0.2, 0.25) is 0 Å². The largest absolute Gasteiger partial charge is 0.493 e. The van der Waals surface area contributed by atoms with Crippen molar-refractivity contribution in [2.75, 3.05) is 20.3 Å². The third kappa shape index (κ3) is 6.07. The number of fused-ring (bicyclic) bond motifs is 1. The minimum Gasteiger partial charge on any atom is -0.493 e. The number of methoxy groups -OCH3 is 1. The average molecular weight is 436 g/mol. The van der Waals surface area contributed by atoms with Gasteiger partial charge in [0.25, 0.3) is 0 Å². The molecule has 0 N–H and O–H groups in total. The van der Waals surface area contributed by atoms with Crippen molar-refractivity contribution in [1.82, 2.24) is 0 Å². The molecule has 3 aromatic carbocycles. The zero-order valence-electron chi connectivity index (χ0n) is 18.0. The molecule has 0 saturated heterocycles. The highest BCUT2D eigenvalue weighted by Crippen LogP contribution is 2.23. The van der Waals surface area contributed by atoms with Crippen LogP contribution in [0.1, 0.15) is 40.5 Å². The maximum atomic E-state index is 12.5. The normalized spacial score (nSPS) is 10.4. The van der Waals surface area contributed by atoms with Gasteiger partial charge in [-0.3, -0.25) is 4.79 Å². The second-order valence-electron chi connectivity index (χ2n) is 6.91. The van der Waals surface area contributed by atoms with Crippen LogP contribution in [0.5, 0.6) is 11.5 Å². The molecule has 0 fully saturated rings. The van der Waals surface area contributed by atoms with Crippen molar-refractivity contribution in [3.63, 3.8) is 0 Å². The summed E-state index contributed by atoms with van der Waals surface area (Å²) in [6.45, 7) is 2.52. The van der Waals surface area contributed by atoms with Gasteiger partial charge in [0.05, 0.1) is 31.5 Å². The Balaban J connectivity index is 1.59. The number of hydrogen-bond donors (Lipinski definition) is 0. The third-order valence-electron chi connectivity index (χ3n) is 4.64. The number of hydrogen-bond acceptors (Lipinski definition) is 7. The molecule has 0 spiro atoms. The van der Waals surface area contributed by atoms with E-state index in [1.807, 2.05) is 24.3 Å². The third-order valence-corrected chi connectivity index (χ3v) is 4.64. The predicted octanol–water partition coefficient (Wildman–Crippen LogP) is 4.57. The van der Waals surface area contributed by atoms with Gasteiger partial charge in [-0.1, -0.05) is 19.1 Å². The first-order valence-electron chi connectivity index (χ1n) is 10.2. The summed E-state index contributed by atoms with van der Waals surface area (Å²) in [5, 5.41) is 1.78. The number of carbonyl (C=O) groups is 3. The zero-order chi connectivity index (χ0) is 22.9. The van der Waals surface area contributed by atoms with E-state index in [-0.39, 0.29) is 5.97 Å². The van der Waals surface area contributed by atoms with Gasteiger partial charge in [-0.25, -0.2) is 9.59 Å². The van der Waals surface area contributed by atoms with E-state index in [1.54, 1.807) is 19.1 Å². The first-order valence-corrected chi connectivity index (χ1v) is 10.2. The average Bonchev–Trinajstić information content (AvgIpc) is 2.83. The van der Waals surface area contributed by atoms with Crippen LogP contribution in [0.3, 0.4) is 0 Å². The van der Waals surface area contributed by atoms with Crippen LogP contribution in [0.4, 0.5) is 0 Å². The minimum atomic E-state index is -0.500. The summed E-state index contributed by atoms with van der Waals surface area (Å²) in [7, 11) is 1.30.